The van der Waals surface area contributed by atoms with Gasteiger partial charge in [0, 0.05) is 6.61 Å². The van der Waals surface area contributed by atoms with Gasteiger partial charge in [-0.25, -0.2) is 5.48 Å². The van der Waals surface area contributed by atoms with E-state index in [4.69, 9.17) is 9.57 Å². The van der Waals surface area contributed by atoms with Crippen LogP contribution in [0, 0.1) is 0 Å². The highest BCUT2D eigenvalue weighted by Crippen LogP contribution is 2.14. The number of rotatable bonds is 5. The number of hydrogen-bond acceptors (Lipinski definition) is 3. The molecule has 4 heteroatoms. The molecule has 0 radical (unpaired) electrons. The summed E-state index contributed by atoms with van der Waals surface area (Å²) in [4.78, 5) is 16.6. The number of hydrogen-bond donors (Lipinski definition) is 1. The first kappa shape index (κ1) is 12.1. The van der Waals surface area contributed by atoms with Gasteiger partial charge in [-0.1, -0.05) is 30.3 Å². The number of ether oxygens (including phenoxy) is 1. The van der Waals surface area contributed by atoms with Crippen LogP contribution in [-0.4, -0.2) is 18.6 Å². The first-order valence-electron chi connectivity index (χ1n) is 5.91. The first-order valence-corrected chi connectivity index (χ1v) is 5.91. The van der Waals surface area contributed by atoms with Crippen LogP contribution >= 0.6 is 0 Å². The van der Waals surface area contributed by atoms with Crippen LogP contribution in [0.4, 0.5) is 0 Å². The second kappa shape index (κ2) is 6.37. The van der Waals surface area contributed by atoms with Crippen LogP contribution in [0.5, 0.6) is 0 Å². The Kier molecular flexibility index (Phi) is 4.53. The fourth-order valence-electron chi connectivity index (χ4n) is 1.83. The molecule has 2 rings (SSSR count). The third-order valence-corrected chi connectivity index (χ3v) is 2.70. The monoisotopic (exact) mass is 235 g/mol. The quantitative estimate of drug-likeness (QED) is 0.792. The van der Waals surface area contributed by atoms with Gasteiger partial charge in [-0.05, 0) is 18.4 Å². The largest absolute Gasteiger partial charge is 0.378 e. The topological polar surface area (TPSA) is 47.6 Å². The van der Waals surface area contributed by atoms with E-state index in [0.29, 0.717) is 13.0 Å². The van der Waals surface area contributed by atoms with Crippen LogP contribution in [0.25, 0.3) is 0 Å². The van der Waals surface area contributed by atoms with E-state index in [1.54, 1.807) is 0 Å². The number of amides is 1. The van der Waals surface area contributed by atoms with E-state index in [-0.39, 0.29) is 12.0 Å². The van der Waals surface area contributed by atoms with Crippen molar-refractivity contribution < 1.29 is 14.4 Å². The third kappa shape index (κ3) is 4.17. The molecule has 1 unspecified atom stereocenters. The Balaban J connectivity index is 1.63. The summed E-state index contributed by atoms with van der Waals surface area (Å²) in [7, 11) is 0. The Morgan fingerprint density at radius 1 is 1.41 bits per heavy atom. The van der Waals surface area contributed by atoms with Gasteiger partial charge >= 0.3 is 0 Å². The predicted octanol–water partition coefficient (Wildman–Crippen LogP) is 1.80. The van der Waals surface area contributed by atoms with Crippen molar-refractivity contribution in [1.82, 2.24) is 5.48 Å². The first-order chi connectivity index (χ1) is 8.34. The fraction of sp³-hybridized carbons (Fsp3) is 0.462. The van der Waals surface area contributed by atoms with Crippen molar-refractivity contribution in [2.24, 2.45) is 0 Å². The maximum atomic E-state index is 11.5. The van der Waals surface area contributed by atoms with Crippen molar-refractivity contribution in [2.45, 2.75) is 32.0 Å². The lowest BCUT2D eigenvalue weighted by Crippen LogP contribution is -2.27. The zero-order chi connectivity index (χ0) is 11.9. The van der Waals surface area contributed by atoms with Gasteiger partial charge in [0.05, 0.1) is 19.1 Å². The van der Waals surface area contributed by atoms with Gasteiger partial charge in [-0.15, -0.1) is 0 Å². The molecule has 0 spiro atoms. The van der Waals surface area contributed by atoms with Crippen molar-refractivity contribution in [3.8, 4) is 0 Å². The van der Waals surface area contributed by atoms with E-state index in [9.17, 15) is 4.79 Å². The molecule has 1 saturated heterocycles. The van der Waals surface area contributed by atoms with Crippen LogP contribution in [-0.2, 0) is 21.0 Å². The predicted molar refractivity (Wildman–Crippen MR) is 63.0 cm³/mol. The highest BCUT2D eigenvalue weighted by atomic mass is 16.6. The summed E-state index contributed by atoms with van der Waals surface area (Å²) in [5.41, 5.74) is 3.47. The molecule has 1 aliphatic rings. The smallest absolute Gasteiger partial charge is 0.246 e. The Bertz CT molecular complexity index is 347. The van der Waals surface area contributed by atoms with Gasteiger partial charge in [0.25, 0.3) is 0 Å². The Morgan fingerprint density at radius 2 is 2.24 bits per heavy atom. The molecule has 1 aromatic carbocycles. The van der Waals surface area contributed by atoms with Gasteiger partial charge in [0.2, 0.25) is 5.91 Å². The summed E-state index contributed by atoms with van der Waals surface area (Å²) < 4.78 is 5.37. The third-order valence-electron chi connectivity index (χ3n) is 2.70. The molecule has 1 atom stereocenters. The molecule has 1 heterocycles. The maximum absolute atomic E-state index is 11.5. The lowest BCUT2D eigenvalue weighted by Gasteiger charge is -2.09. The van der Waals surface area contributed by atoms with Crippen molar-refractivity contribution in [3.63, 3.8) is 0 Å². The SMILES string of the molecule is O=C(CC1CCCO1)NOCc1ccccc1. The summed E-state index contributed by atoms with van der Waals surface area (Å²) in [6, 6.07) is 9.72. The van der Waals surface area contributed by atoms with Gasteiger partial charge in [-0.2, -0.15) is 0 Å². The number of nitrogens with one attached hydrogen (secondary N) is 1. The van der Waals surface area contributed by atoms with E-state index in [2.05, 4.69) is 5.48 Å². The number of hydroxylamine groups is 1. The standard InChI is InChI=1S/C13H17NO3/c15-13(9-12-7-4-8-16-12)14-17-10-11-5-2-1-3-6-11/h1-3,5-6,12H,4,7-10H2,(H,14,15). The Morgan fingerprint density at radius 3 is 2.94 bits per heavy atom. The van der Waals surface area contributed by atoms with E-state index in [1.807, 2.05) is 30.3 Å². The molecule has 1 aliphatic heterocycles. The highest BCUT2D eigenvalue weighted by molar-refractivity contribution is 5.75. The molecule has 0 bridgehead atoms. The Labute approximate surface area is 101 Å². The Hall–Kier alpha value is -1.39. The van der Waals surface area contributed by atoms with Crippen molar-refractivity contribution in [1.29, 1.82) is 0 Å². The van der Waals surface area contributed by atoms with Crippen LogP contribution < -0.4 is 5.48 Å². The molecule has 1 fully saturated rings. The van der Waals surface area contributed by atoms with Crippen molar-refractivity contribution in [3.05, 3.63) is 35.9 Å². The van der Waals surface area contributed by atoms with E-state index in [1.165, 1.54) is 0 Å². The number of benzene rings is 1. The van der Waals surface area contributed by atoms with Crippen molar-refractivity contribution in [2.75, 3.05) is 6.61 Å². The second-order valence-corrected chi connectivity index (χ2v) is 4.14. The molecule has 0 aromatic heterocycles. The van der Waals surface area contributed by atoms with Crippen LogP contribution in [0.2, 0.25) is 0 Å². The molecule has 1 aromatic rings. The van der Waals surface area contributed by atoms with E-state index >= 15 is 0 Å². The van der Waals surface area contributed by atoms with Crippen molar-refractivity contribution >= 4 is 5.91 Å². The fourth-order valence-corrected chi connectivity index (χ4v) is 1.83. The van der Waals surface area contributed by atoms with E-state index < -0.39 is 0 Å². The van der Waals surface area contributed by atoms with Gasteiger partial charge in [0.15, 0.2) is 0 Å². The van der Waals surface area contributed by atoms with Crippen LogP contribution in [0.15, 0.2) is 30.3 Å². The van der Waals surface area contributed by atoms with Gasteiger partial charge < -0.3 is 4.74 Å². The lowest BCUT2D eigenvalue weighted by atomic mass is 10.2. The zero-order valence-electron chi connectivity index (χ0n) is 9.72. The summed E-state index contributed by atoms with van der Waals surface area (Å²) in [5, 5.41) is 0. The second-order valence-electron chi connectivity index (χ2n) is 4.14. The number of carbonyl (C=O) groups excluding carboxylic acids is 1. The average molecular weight is 235 g/mol. The minimum absolute atomic E-state index is 0.0651. The molecule has 1 amide bonds. The zero-order valence-corrected chi connectivity index (χ0v) is 9.72. The summed E-state index contributed by atoms with van der Waals surface area (Å²) in [6.07, 6.45) is 2.46. The molecule has 17 heavy (non-hydrogen) atoms. The summed E-state index contributed by atoms with van der Waals surface area (Å²) >= 11 is 0. The lowest BCUT2D eigenvalue weighted by molar-refractivity contribution is -0.136. The summed E-state index contributed by atoms with van der Waals surface area (Å²) in [5.74, 6) is -0.118. The minimum Gasteiger partial charge on any atom is -0.378 e. The van der Waals surface area contributed by atoms with Gasteiger partial charge in [-0.3, -0.25) is 9.63 Å². The van der Waals surface area contributed by atoms with E-state index in [0.717, 1.165) is 25.0 Å². The van der Waals surface area contributed by atoms with Crippen LogP contribution in [0.3, 0.4) is 0 Å². The van der Waals surface area contributed by atoms with Gasteiger partial charge in [0.1, 0.15) is 0 Å². The normalized spacial score (nSPS) is 19.2. The average Bonchev–Trinajstić information content (AvgIpc) is 2.83. The molecule has 0 saturated carbocycles. The molecule has 4 nitrogen and oxygen atoms in total. The molecule has 0 aliphatic carbocycles. The molecule has 1 N–H and O–H groups in total. The number of carbonyl (C=O) groups is 1. The summed E-state index contributed by atoms with van der Waals surface area (Å²) in [6.45, 7) is 1.15. The maximum Gasteiger partial charge on any atom is 0.246 e. The molecule has 92 valence electrons. The van der Waals surface area contributed by atoms with Crippen LogP contribution in [0.1, 0.15) is 24.8 Å². The minimum atomic E-state index is -0.118. The molecular weight excluding hydrogens is 218 g/mol. The highest BCUT2D eigenvalue weighted by Gasteiger charge is 2.18. The molecular formula is C13H17NO3.